The van der Waals surface area contributed by atoms with Crippen LogP contribution >= 0.6 is 23.2 Å². The smallest absolute Gasteiger partial charge is 0.151 e. The number of nitrogens with zero attached hydrogens (tertiary/aromatic N) is 7. The quantitative estimate of drug-likeness (QED) is 0.237. The number of rotatable bonds is 9. The Kier molecular flexibility index (Phi) is 7.05. The molecule has 0 saturated carbocycles. The van der Waals surface area contributed by atoms with E-state index >= 15 is 0 Å². The molecular weight excluding hydrogens is 553 g/mol. The number of aromatic nitrogens is 7. The second kappa shape index (κ2) is 10.7. The first-order valence-corrected chi connectivity index (χ1v) is 13.5. The van der Waals surface area contributed by atoms with Crippen molar-refractivity contribution in [2.75, 3.05) is 24.6 Å². The minimum atomic E-state index is -0.391. The zero-order valence-electron chi connectivity index (χ0n) is 21.6. The summed E-state index contributed by atoms with van der Waals surface area (Å²) in [6.07, 6.45) is 7.13. The third-order valence-electron chi connectivity index (χ3n) is 6.94. The molecule has 0 radical (unpaired) electrons. The van der Waals surface area contributed by atoms with Crippen LogP contribution in [0, 0.1) is 0 Å². The predicted molar refractivity (Wildman–Crippen MR) is 153 cm³/mol. The average Bonchev–Trinajstić information content (AvgIpc) is 3.54. The van der Waals surface area contributed by atoms with Gasteiger partial charge in [0.05, 0.1) is 40.4 Å². The monoisotopic (exact) mass is 579 g/mol. The summed E-state index contributed by atoms with van der Waals surface area (Å²) in [6.45, 7) is 3.72. The van der Waals surface area contributed by atoms with E-state index in [1.54, 1.807) is 23.3 Å². The summed E-state index contributed by atoms with van der Waals surface area (Å²) in [4.78, 5) is 6.10. The molecule has 4 N–H and O–H groups in total. The van der Waals surface area contributed by atoms with Gasteiger partial charge in [0, 0.05) is 42.6 Å². The number of ether oxygens (including phenoxy) is 1. The SMILES string of the molecule is C[C@@H](Oc1ccc2[nH]nc(-c3ccc(N4CC(N)(Cc5cnn(CCO)c5)C4)nn3)c2c1)c1c(Cl)cncc1Cl. The van der Waals surface area contributed by atoms with E-state index in [4.69, 9.17) is 38.8 Å². The van der Waals surface area contributed by atoms with Crippen LogP contribution < -0.4 is 15.4 Å². The molecule has 1 saturated heterocycles. The highest BCUT2D eigenvalue weighted by Gasteiger charge is 2.40. The van der Waals surface area contributed by atoms with Gasteiger partial charge < -0.3 is 20.5 Å². The number of aromatic amines is 1. The maximum Gasteiger partial charge on any atom is 0.151 e. The normalized spacial score (nSPS) is 15.3. The summed E-state index contributed by atoms with van der Waals surface area (Å²) in [5.74, 6) is 1.39. The van der Waals surface area contributed by atoms with E-state index in [9.17, 15) is 0 Å². The van der Waals surface area contributed by atoms with Gasteiger partial charge in [-0.3, -0.25) is 14.8 Å². The maximum absolute atomic E-state index is 9.08. The van der Waals surface area contributed by atoms with Gasteiger partial charge in [-0.1, -0.05) is 23.2 Å². The number of halogens is 2. The highest BCUT2D eigenvalue weighted by molar-refractivity contribution is 6.35. The molecule has 0 bridgehead atoms. The van der Waals surface area contributed by atoms with Crippen molar-refractivity contribution in [3.8, 4) is 17.1 Å². The fourth-order valence-corrected chi connectivity index (χ4v) is 5.74. The molecule has 206 valence electrons. The van der Waals surface area contributed by atoms with Crippen molar-refractivity contribution in [2.45, 2.75) is 31.5 Å². The van der Waals surface area contributed by atoms with Gasteiger partial charge in [0.25, 0.3) is 0 Å². The van der Waals surface area contributed by atoms with Crippen LogP contribution in [0.3, 0.4) is 0 Å². The Bertz CT molecular complexity index is 1630. The highest BCUT2D eigenvalue weighted by atomic mass is 35.5. The fourth-order valence-electron chi connectivity index (χ4n) is 5.07. The number of aliphatic hydroxyl groups excluding tert-OH is 1. The Labute approximate surface area is 239 Å². The minimum absolute atomic E-state index is 0.0521. The minimum Gasteiger partial charge on any atom is -0.486 e. The Morgan fingerprint density at radius 1 is 1.12 bits per heavy atom. The number of fused-ring (bicyclic) bond motifs is 1. The van der Waals surface area contributed by atoms with Crippen LogP contribution in [0.5, 0.6) is 5.75 Å². The average molecular weight is 580 g/mol. The number of nitrogens with two attached hydrogens (primary N) is 1. The van der Waals surface area contributed by atoms with Crippen molar-refractivity contribution in [3.05, 3.63) is 76.3 Å². The number of H-pyrrole nitrogens is 1. The lowest BCUT2D eigenvalue weighted by Crippen LogP contribution is -2.68. The van der Waals surface area contributed by atoms with Crippen LogP contribution in [0.2, 0.25) is 10.0 Å². The second-order valence-electron chi connectivity index (χ2n) is 10.1. The summed E-state index contributed by atoms with van der Waals surface area (Å²) in [7, 11) is 0. The number of aliphatic hydroxyl groups is 1. The molecule has 0 unspecified atom stereocenters. The van der Waals surface area contributed by atoms with E-state index in [1.165, 1.54) is 0 Å². The first-order valence-electron chi connectivity index (χ1n) is 12.8. The van der Waals surface area contributed by atoms with Crippen molar-refractivity contribution < 1.29 is 9.84 Å². The van der Waals surface area contributed by atoms with Gasteiger partial charge >= 0.3 is 0 Å². The van der Waals surface area contributed by atoms with Crippen LogP contribution in [-0.2, 0) is 13.0 Å². The third-order valence-corrected chi connectivity index (χ3v) is 7.55. The molecule has 0 spiro atoms. The molecule has 0 aliphatic carbocycles. The maximum atomic E-state index is 9.08. The lowest BCUT2D eigenvalue weighted by molar-refractivity contribution is 0.227. The Morgan fingerprint density at radius 3 is 2.65 bits per heavy atom. The lowest BCUT2D eigenvalue weighted by atomic mass is 9.85. The zero-order valence-corrected chi connectivity index (χ0v) is 23.1. The molecule has 1 aliphatic heterocycles. The van der Waals surface area contributed by atoms with Crippen molar-refractivity contribution >= 4 is 39.9 Å². The molecule has 1 aliphatic rings. The molecule has 0 amide bonds. The Balaban J connectivity index is 1.14. The number of nitrogens with one attached hydrogen (secondary N) is 1. The zero-order chi connectivity index (χ0) is 27.9. The third kappa shape index (κ3) is 5.20. The topological polar surface area (TPSA) is 144 Å². The van der Waals surface area contributed by atoms with Crippen molar-refractivity contribution in [1.82, 2.24) is 35.2 Å². The van der Waals surface area contributed by atoms with Crippen LogP contribution in [0.25, 0.3) is 22.3 Å². The molecular formula is C27H27Cl2N9O2. The first-order chi connectivity index (χ1) is 19.3. The van der Waals surface area contributed by atoms with Gasteiger partial charge in [0.2, 0.25) is 0 Å². The van der Waals surface area contributed by atoms with E-state index in [0.717, 1.165) is 22.3 Å². The highest BCUT2D eigenvalue weighted by Crippen LogP contribution is 2.35. The second-order valence-corrected chi connectivity index (χ2v) is 10.9. The van der Waals surface area contributed by atoms with E-state index in [2.05, 4.69) is 35.4 Å². The van der Waals surface area contributed by atoms with E-state index in [1.807, 2.05) is 43.5 Å². The van der Waals surface area contributed by atoms with Gasteiger partial charge in [-0.15, -0.1) is 10.2 Å². The lowest BCUT2D eigenvalue weighted by Gasteiger charge is -2.48. The molecule has 13 heteroatoms. The van der Waals surface area contributed by atoms with E-state index < -0.39 is 6.10 Å². The Hall–Kier alpha value is -3.77. The predicted octanol–water partition coefficient (Wildman–Crippen LogP) is 3.81. The number of hydrogen-bond acceptors (Lipinski definition) is 9. The molecule has 1 atom stereocenters. The molecule has 11 nitrogen and oxygen atoms in total. The number of hydrogen-bond donors (Lipinski definition) is 3. The van der Waals surface area contributed by atoms with Gasteiger partial charge in [-0.25, -0.2) is 0 Å². The first kappa shape index (κ1) is 26.5. The Morgan fingerprint density at radius 2 is 1.93 bits per heavy atom. The molecule has 6 rings (SSSR count). The van der Waals surface area contributed by atoms with E-state index in [-0.39, 0.29) is 12.1 Å². The number of benzene rings is 1. The molecule has 40 heavy (non-hydrogen) atoms. The van der Waals surface area contributed by atoms with Crippen molar-refractivity contribution in [3.63, 3.8) is 0 Å². The standard InChI is InChI=1S/C27H27Cl2N9O2/c1-16(25-20(28)11-31-12-21(25)29)40-18-2-3-22-19(8-18)26(36-33-22)23-4-5-24(35-34-23)37-14-27(30,15-37)9-17-10-32-38(13-17)6-7-39/h2-5,8,10-13,16,39H,6-7,9,14-15,30H2,1H3,(H,33,36)/t16-/m1/s1. The summed E-state index contributed by atoms with van der Waals surface area (Å²) in [5, 5.41) is 31.5. The molecule has 1 fully saturated rings. The largest absolute Gasteiger partial charge is 0.486 e. The van der Waals surface area contributed by atoms with Crippen LogP contribution in [0.15, 0.2) is 55.1 Å². The number of pyridine rings is 1. The van der Waals surface area contributed by atoms with E-state index in [0.29, 0.717) is 58.8 Å². The van der Waals surface area contributed by atoms with Crippen LogP contribution in [0.1, 0.15) is 24.2 Å². The van der Waals surface area contributed by atoms with Crippen molar-refractivity contribution in [1.29, 1.82) is 0 Å². The van der Waals surface area contributed by atoms with Crippen LogP contribution in [-0.4, -0.2) is 65.5 Å². The number of anilines is 1. The van der Waals surface area contributed by atoms with Crippen molar-refractivity contribution in [2.24, 2.45) is 5.73 Å². The summed E-state index contributed by atoms with van der Waals surface area (Å²) < 4.78 is 7.89. The fraction of sp³-hybridized carbons (Fsp3) is 0.296. The molecule has 4 aromatic heterocycles. The van der Waals surface area contributed by atoms with Gasteiger partial charge in [-0.2, -0.15) is 10.2 Å². The van der Waals surface area contributed by atoms with Gasteiger partial charge in [-0.05, 0) is 49.2 Å². The molecule has 5 heterocycles. The van der Waals surface area contributed by atoms with Gasteiger partial charge in [0.15, 0.2) is 5.82 Å². The molecule has 5 aromatic rings. The van der Waals surface area contributed by atoms with Gasteiger partial charge in [0.1, 0.15) is 23.2 Å². The van der Waals surface area contributed by atoms with Crippen LogP contribution in [0.4, 0.5) is 5.82 Å². The summed E-state index contributed by atoms with van der Waals surface area (Å²) in [6, 6.07) is 9.50. The summed E-state index contributed by atoms with van der Waals surface area (Å²) >= 11 is 12.6. The summed E-state index contributed by atoms with van der Waals surface area (Å²) in [5.41, 5.74) is 10.1. The molecule has 1 aromatic carbocycles.